The predicted octanol–water partition coefficient (Wildman–Crippen LogP) is 2.72. The molecule has 3 aromatic rings. The highest BCUT2D eigenvalue weighted by molar-refractivity contribution is 7.09. The molecule has 132 valence electrons. The van der Waals surface area contributed by atoms with Crippen molar-refractivity contribution in [2.24, 2.45) is 12.0 Å². The molecule has 0 atom stereocenters. The second kappa shape index (κ2) is 8.77. The van der Waals surface area contributed by atoms with Gasteiger partial charge in [-0.2, -0.15) is 11.3 Å². The van der Waals surface area contributed by atoms with Crippen molar-refractivity contribution in [3.05, 3.63) is 56.4 Å². The first-order chi connectivity index (χ1) is 12.2. The Balaban J connectivity index is 1.58. The minimum atomic E-state index is 0.589. The van der Waals surface area contributed by atoms with Gasteiger partial charge in [0.15, 0.2) is 11.8 Å². The van der Waals surface area contributed by atoms with Crippen LogP contribution in [0.2, 0.25) is 0 Å². The van der Waals surface area contributed by atoms with Gasteiger partial charge in [-0.3, -0.25) is 0 Å². The van der Waals surface area contributed by atoms with E-state index < -0.39 is 0 Å². The van der Waals surface area contributed by atoms with Gasteiger partial charge in [0.2, 0.25) is 0 Å². The van der Waals surface area contributed by atoms with Crippen molar-refractivity contribution in [3.8, 4) is 0 Å². The standard InChI is InChI=1S/C17H22N6S2/c1-13-21-22-16(23(13)2)11-20-17(19-10-14-6-9-24-12-14)18-7-5-15-4-3-8-25-15/h3-4,6,8-9,12H,5,7,10-11H2,1-2H3,(H2,18,19,20). The largest absolute Gasteiger partial charge is 0.356 e. The molecule has 3 rings (SSSR count). The molecule has 3 heterocycles. The number of hydrogen-bond donors (Lipinski definition) is 2. The average molecular weight is 375 g/mol. The molecule has 0 aliphatic heterocycles. The smallest absolute Gasteiger partial charge is 0.191 e. The quantitative estimate of drug-likeness (QED) is 0.493. The summed E-state index contributed by atoms with van der Waals surface area (Å²) in [7, 11) is 1.97. The summed E-state index contributed by atoms with van der Waals surface area (Å²) in [5.74, 6) is 2.59. The number of aryl methyl sites for hydroxylation is 1. The fraction of sp³-hybridized carbons (Fsp3) is 0.353. The number of hydrogen-bond acceptors (Lipinski definition) is 5. The van der Waals surface area contributed by atoms with Crippen LogP contribution in [0.15, 0.2) is 39.3 Å². The molecular formula is C17H22N6S2. The van der Waals surface area contributed by atoms with E-state index in [1.54, 1.807) is 22.7 Å². The van der Waals surface area contributed by atoms with Crippen molar-refractivity contribution >= 4 is 28.6 Å². The van der Waals surface area contributed by atoms with E-state index in [0.717, 1.165) is 30.6 Å². The van der Waals surface area contributed by atoms with Gasteiger partial charge in [-0.25, -0.2) is 4.99 Å². The normalized spacial score (nSPS) is 11.7. The molecule has 25 heavy (non-hydrogen) atoms. The fourth-order valence-electron chi connectivity index (χ4n) is 2.25. The summed E-state index contributed by atoms with van der Waals surface area (Å²) in [6.45, 7) is 4.04. The summed E-state index contributed by atoms with van der Waals surface area (Å²) in [5.41, 5.74) is 1.22. The van der Waals surface area contributed by atoms with E-state index in [4.69, 9.17) is 0 Å². The lowest BCUT2D eigenvalue weighted by atomic mass is 10.3. The Morgan fingerprint density at radius 2 is 2.16 bits per heavy atom. The third kappa shape index (κ3) is 5.14. The highest BCUT2D eigenvalue weighted by Crippen LogP contribution is 2.09. The molecule has 0 aromatic carbocycles. The first kappa shape index (κ1) is 17.6. The maximum Gasteiger partial charge on any atom is 0.191 e. The monoisotopic (exact) mass is 374 g/mol. The maximum atomic E-state index is 4.68. The Morgan fingerprint density at radius 3 is 2.84 bits per heavy atom. The number of nitrogens with zero attached hydrogens (tertiary/aromatic N) is 4. The van der Waals surface area contributed by atoms with Crippen LogP contribution in [0.25, 0.3) is 0 Å². The van der Waals surface area contributed by atoms with Crippen LogP contribution >= 0.6 is 22.7 Å². The molecule has 0 bridgehead atoms. The van der Waals surface area contributed by atoms with Gasteiger partial charge in [0.1, 0.15) is 5.82 Å². The summed E-state index contributed by atoms with van der Waals surface area (Å²) in [4.78, 5) is 6.05. The van der Waals surface area contributed by atoms with E-state index in [0.29, 0.717) is 13.1 Å². The van der Waals surface area contributed by atoms with Gasteiger partial charge >= 0.3 is 0 Å². The molecule has 0 unspecified atom stereocenters. The van der Waals surface area contributed by atoms with Crippen LogP contribution in [0.4, 0.5) is 0 Å². The minimum Gasteiger partial charge on any atom is -0.356 e. The van der Waals surface area contributed by atoms with Crippen molar-refractivity contribution in [2.75, 3.05) is 6.54 Å². The van der Waals surface area contributed by atoms with Crippen molar-refractivity contribution in [1.29, 1.82) is 0 Å². The van der Waals surface area contributed by atoms with Crippen LogP contribution in [-0.2, 0) is 26.6 Å². The Kier molecular flexibility index (Phi) is 6.19. The lowest BCUT2D eigenvalue weighted by Crippen LogP contribution is -2.38. The number of nitrogens with one attached hydrogen (secondary N) is 2. The zero-order chi connectivity index (χ0) is 17.5. The van der Waals surface area contributed by atoms with E-state index in [9.17, 15) is 0 Å². The van der Waals surface area contributed by atoms with Crippen molar-refractivity contribution < 1.29 is 0 Å². The highest BCUT2D eigenvalue weighted by Gasteiger charge is 2.06. The first-order valence-corrected chi connectivity index (χ1v) is 9.95. The van der Waals surface area contributed by atoms with Crippen LogP contribution in [0.3, 0.4) is 0 Å². The third-order valence-corrected chi connectivity index (χ3v) is 5.51. The molecule has 0 spiro atoms. The highest BCUT2D eigenvalue weighted by atomic mass is 32.1. The summed E-state index contributed by atoms with van der Waals surface area (Å²) in [5, 5.41) is 21.3. The Labute approximate surface area is 155 Å². The Bertz CT molecular complexity index is 789. The van der Waals surface area contributed by atoms with Gasteiger partial charge in [0.25, 0.3) is 0 Å². The molecule has 0 aliphatic rings. The number of guanidine groups is 1. The number of thiophene rings is 2. The van der Waals surface area contributed by atoms with Gasteiger partial charge in [0, 0.05) is 18.5 Å². The SMILES string of the molecule is Cc1nnc(CNC(=NCc2ccsc2)NCCc2cccs2)n1C. The van der Waals surface area contributed by atoms with Crippen LogP contribution in [0, 0.1) is 6.92 Å². The summed E-state index contributed by atoms with van der Waals surface area (Å²) in [6.07, 6.45) is 0.986. The maximum absolute atomic E-state index is 4.68. The van der Waals surface area contributed by atoms with E-state index in [1.807, 2.05) is 18.5 Å². The molecule has 0 saturated heterocycles. The van der Waals surface area contributed by atoms with Crippen molar-refractivity contribution in [3.63, 3.8) is 0 Å². The molecule has 0 radical (unpaired) electrons. The van der Waals surface area contributed by atoms with Gasteiger partial charge < -0.3 is 15.2 Å². The average Bonchev–Trinajstić information content (AvgIpc) is 3.36. The van der Waals surface area contributed by atoms with Gasteiger partial charge in [-0.05, 0) is 47.2 Å². The molecule has 0 amide bonds. The summed E-state index contributed by atoms with van der Waals surface area (Å²) >= 11 is 3.47. The molecular weight excluding hydrogens is 352 g/mol. The molecule has 0 saturated carbocycles. The van der Waals surface area contributed by atoms with Crippen LogP contribution in [-0.4, -0.2) is 27.3 Å². The second-order valence-electron chi connectivity index (χ2n) is 5.63. The van der Waals surface area contributed by atoms with Gasteiger partial charge in [-0.15, -0.1) is 21.5 Å². The number of aromatic nitrogens is 3. The number of rotatable bonds is 7. The topological polar surface area (TPSA) is 67.1 Å². The number of aliphatic imine (C=N–C) groups is 1. The van der Waals surface area contributed by atoms with Crippen molar-refractivity contribution in [2.45, 2.75) is 26.4 Å². The molecule has 2 N–H and O–H groups in total. The lowest BCUT2D eigenvalue weighted by Gasteiger charge is -2.12. The summed E-state index contributed by atoms with van der Waals surface area (Å²) < 4.78 is 1.98. The second-order valence-corrected chi connectivity index (χ2v) is 7.44. The zero-order valence-electron chi connectivity index (χ0n) is 14.4. The summed E-state index contributed by atoms with van der Waals surface area (Å²) in [6, 6.07) is 6.34. The van der Waals surface area contributed by atoms with E-state index in [2.05, 4.69) is 60.2 Å². The van der Waals surface area contributed by atoms with Crippen LogP contribution in [0.1, 0.15) is 22.1 Å². The predicted molar refractivity (Wildman–Crippen MR) is 104 cm³/mol. The van der Waals surface area contributed by atoms with Crippen molar-refractivity contribution in [1.82, 2.24) is 25.4 Å². The van der Waals surface area contributed by atoms with E-state index >= 15 is 0 Å². The molecule has 6 nitrogen and oxygen atoms in total. The van der Waals surface area contributed by atoms with Gasteiger partial charge in [0.05, 0.1) is 13.1 Å². The lowest BCUT2D eigenvalue weighted by molar-refractivity contribution is 0.713. The van der Waals surface area contributed by atoms with Crippen LogP contribution < -0.4 is 10.6 Å². The molecule has 0 aliphatic carbocycles. The first-order valence-electron chi connectivity index (χ1n) is 8.13. The van der Waals surface area contributed by atoms with Crippen LogP contribution in [0.5, 0.6) is 0 Å². The molecule has 0 fully saturated rings. The van der Waals surface area contributed by atoms with E-state index in [-0.39, 0.29) is 0 Å². The Morgan fingerprint density at radius 1 is 1.24 bits per heavy atom. The fourth-order valence-corrected chi connectivity index (χ4v) is 3.62. The van der Waals surface area contributed by atoms with Gasteiger partial charge in [-0.1, -0.05) is 6.07 Å². The molecule has 3 aromatic heterocycles. The Hall–Kier alpha value is -2.19. The van der Waals surface area contributed by atoms with E-state index in [1.165, 1.54) is 10.4 Å². The minimum absolute atomic E-state index is 0.589. The molecule has 8 heteroatoms. The third-order valence-electron chi connectivity index (χ3n) is 3.84. The zero-order valence-corrected chi connectivity index (χ0v) is 16.0.